The Hall–Kier alpha value is -1.31. The van der Waals surface area contributed by atoms with Crippen LogP contribution >= 0.6 is 0 Å². The third-order valence-electron chi connectivity index (χ3n) is 1.91. The van der Waals surface area contributed by atoms with Gasteiger partial charge in [0.15, 0.2) is 0 Å². The first kappa shape index (κ1) is 13.7. The number of carbonyl (C=O) groups excluding carboxylic acids is 1. The van der Waals surface area contributed by atoms with Crippen LogP contribution in [-0.4, -0.2) is 13.1 Å². The molecule has 0 radical (unpaired) electrons. The second-order valence-electron chi connectivity index (χ2n) is 3.72. The summed E-state index contributed by atoms with van der Waals surface area (Å²) < 4.78 is 4.48. The number of carbonyl (C=O) groups is 1. The Balaban J connectivity index is 3.94. The van der Waals surface area contributed by atoms with Gasteiger partial charge < -0.3 is 4.74 Å². The van der Waals surface area contributed by atoms with E-state index in [2.05, 4.69) is 31.6 Å². The highest BCUT2D eigenvalue weighted by Crippen LogP contribution is 2.06. The van der Waals surface area contributed by atoms with Gasteiger partial charge in [-0.3, -0.25) is 0 Å². The molecule has 0 aromatic carbocycles. The fourth-order valence-corrected chi connectivity index (χ4v) is 1.03. The van der Waals surface area contributed by atoms with E-state index in [1.54, 1.807) is 6.08 Å². The molecule has 0 aromatic heterocycles. The van der Waals surface area contributed by atoms with Crippen molar-refractivity contribution in [2.45, 2.75) is 33.6 Å². The molecule has 2 nitrogen and oxygen atoms in total. The van der Waals surface area contributed by atoms with Gasteiger partial charge in [-0.05, 0) is 33.6 Å². The Morgan fingerprint density at radius 1 is 1.27 bits per heavy atom. The minimum absolute atomic E-state index is 0.316. The fourth-order valence-electron chi connectivity index (χ4n) is 1.03. The number of hydrogen-bond donors (Lipinski definition) is 0. The molecular formula is C13H20O2. The highest BCUT2D eigenvalue weighted by atomic mass is 16.5. The van der Waals surface area contributed by atoms with Crippen molar-refractivity contribution in [1.29, 1.82) is 0 Å². The van der Waals surface area contributed by atoms with Gasteiger partial charge in [-0.2, -0.15) is 0 Å². The zero-order valence-electron chi connectivity index (χ0n) is 10.0. The van der Waals surface area contributed by atoms with Crippen LogP contribution in [0.2, 0.25) is 0 Å². The molecule has 0 spiro atoms. The Labute approximate surface area is 92.3 Å². The number of rotatable bonds is 5. The summed E-state index contributed by atoms with van der Waals surface area (Å²) in [6.45, 7) is 6.24. The molecule has 15 heavy (non-hydrogen) atoms. The Kier molecular flexibility index (Phi) is 7.33. The fraction of sp³-hybridized carbons (Fsp3) is 0.462. The molecule has 0 aromatic rings. The van der Waals surface area contributed by atoms with E-state index in [0.717, 1.165) is 12.8 Å². The molecule has 0 N–H and O–H groups in total. The van der Waals surface area contributed by atoms with Gasteiger partial charge in [-0.15, -0.1) is 0 Å². The molecule has 0 saturated carbocycles. The second kappa shape index (κ2) is 8.04. The summed E-state index contributed by atoms with van der Waals surface area (Å²) in [6.07, 6.45) is 9.37. The van der Waals surface area contributed by atoms with Gasteiger partial charge in [0.05, 0.1) is 7.11 Å². The molecule has 0 atom stereocenters. The summed E-state index contributed by atoms with van der Waals surface area (Å²) in [7, 11) is 1.37. The van der Waals surface area contributed by atoms with Crippen molar-refractivity contribution in [2.75, 3.05) is 7.11 Å². The van der Waals surface area contributed by atoms with Gasteiger partial charge >= 0.3 is 5.97 Å². The van der Waals surface area contributed by atoms with E-state index in [0.29, 0.717) is 0 Å². The molecule has 0 rings (SSSR count). The third kappa shape index (κ3) is 9.01. The molecule has 0 bridgehead atoms. The molecule has 0 unspecified atom stereocenters. The summed E-state index contributed by atoms with van der Waals surface area (Å²) in [5.41, 5.74) is 2.60. The number of methoxy groups -OCH3 is 1. The van der Waals surface area contributed by atoms with Crippen LogP contribution in [0.25, 0.3) is 0 Å². The van der Waals surface area contributed by atoms with Crippen LogP contribution < -0.4 is 0 Å². The molecule has 0 aliphatic carbocycles. The van der Waals surface area contributed by atoms with Gasteiger partial charge in [0.25, 0.3) is 0 Å². The largest absolute Gasteiger partial charge is 0.466 e. The van der Waals surface area contributed by atoms with E-state index in [9.17, 15) is 4.79 Å². The number of hydrogen-bond acceptors (Lipinski definition) is 2. The second-order valence-corrected chi connectivity index (χ2v) is 3.72. The lowest BCUT2D eigenvalue weighted by Crippen LogP contribution is -1.92. The lowest BCUT2D eigenvalue weighted by molar-refractivity contribution is -0.134. The van der Waals surface area contributed by atoms with Crippen molar-refractivity contribution >= 4 is 5.97 Å². The smallest absolute Gasteiger partial charge is 0.330 e. The van der Waals surface area contributed by atoms with Gasteiger partial charge in [0, 0.05) is 6.08 Å². The topological polar surface area (TPSA) is 26.3 Å². The van der Waals surface area contributed by atoms with E-state index in [1.165, 1.54) is 24.3 Å². The van der Waals surface area contributed by atoms with E-state index in [4.69, 9.17) is 0 Å². The van der Waals surface area contributed by atoms with Crippen molar-refractivity contribution in [3.05, 3.63) is 35.5 Å². The van der Waals surface area contributed by atoms with Crippen LogP contribution in [0.1, 0.15) is 33.6 Å². The molecule has 0 aliphatic heterocycles. The van der Waals surface area contributed by atoms with Crippen LogP contribution in [-0.2, 0) is 9.53 Å². The molecule has 0 heterocycles. The lowest BCUT2D eigenvalue weighted by Gasteiger charge is -1.96. The van der Waals surface area contributed by atoms with Gasteiger partial charge in [-0.1, -0.05) is 29.4 Å². The van der Waals surface area contributed by atoms with Crippen molar-refractivity contribution < 1.29 is 9.53 Å². The molecular weight excluding hydrogens is 188 g/mol. The van der Waals surface area contributed by atoms with Crippen molar-refractivity contribution in [2.24, 2.45) is 0 Å². The standard InChI is InChI=1S/C13H20O2/c1-11(2)7-5-8-12(3)9-6-10-13(14)15-4/h6-7,9-10H,5,8H2,1-4H3. The predicted octanol–water partition coefficient (Wildman–Crippen LogP) is 3.41. The highest BCUT2D eigenvalue weighted by molar-refractivity contribution is 5.82. The number of ether oxygens (including phenoxy) is 1. The summed E-state index contributed by atoms with van der Waals surface area (Å²) >= 11 is 0. The van der Waals surface area contributed by atoms with Crippen LogP contribution in [0.5, 0.6) is 0 Å². The Morgan fingerprint density at radius 2 is 1.93 bits per heavy atom. The number of allylic oxidation sites excluding steroid dienone is 5. The summed E-state index contributed by atoms with van der Waals surface area (Å²) in [6, 6.07) is 0. The van der Waals surface area contributed by atoms with E-state index in [1.807, 2.05) is 6.08 Å². The van der Waals surface area contributed by atoms with Crippen LogP contribution in [0, 0.1) is 0 Å². The van der Waals surface area contributed by atoms with Gasteiger partial charge in [0.1, 0.15) is 0 Å². The molecule has 2 heteroatoms. The van der Waals surface area contributed by atoms with Crippen molar-refractivity contribution in [1.82, 2.24) is 0 Å². The maximum atomic E-state index is 10.7. The van der Waals surface area contributed by atoms with Crippen molar-refractivity contribution in [3.8, 4) is 0 Å². The molecule has 0 aliphatic rings. The van der Waals surface area contributed by atoms with Gasteiger partial charge in [0.2, 0.25) is 0 Å². The van der Waals surface area contributed by atoms with Crippen LogP contribution in [0.4, 0.5) is 0 Å². The highest BCUT2D eigenvalue weighted by Gasteiger charge is 1.89. The average Bonchev–Trinajstić information content (AvgIpc) is 2.17. The van der Waals surface area contributed by atoms with Gasteiger partial charge in [-0.25, -0.2) is 4.79 Å². The third-order valence-corrected chi connectivity index (χ3v) is 1.91. The SMILES string of the molecule is COC(=O)C=CC=C(C)CCC=C(C)C. The van der Waals surface area contributed by atoms with Crippen LogP contribution in [0.15, 0.2) is 35.5 Å². The predicted molar refractivity (Wildman–Crippen MR) is 63.6 cm³/mol. The zero-order valence-corrected chi connectivity index (χ0v) is 10.0. The number of esters is 1. The normalized spacial score (nSPS) is 11.6. The molecule has 84 valence electrons. The summed E-state index contributed by atoms with van der Waals surface area (Å²) in [5, 5.41) is 0. The maximum Gasteiger partial charge on any atom is 0.330 e. The minimum Gasteiger partial charge on any atom is -0.466 e. The Bertz CT molecular complexity index is 279. The summed E-state index contributed by atoms with van der Waals surface area (Å²) in [5.74, 6) is -0.316. The minimum atomic E-state index is -0.316. The quantitative estimate of drug-likeness (QED) is 0.299. The first-order valence-corrected chi connectivity index (χ1v) is 5.11. The molecule has 0 fully saturated rings. The molecule has 0 saturated heterocycles. The maximum absolute atomic E-state index is 10.7. The van der Waals surface area contributed by atoms with E-state index in [-0.39, 0.29) is 5.97 Å². The average molecular weight is 208 g/mol. The van der Waals surface area contributed by atoms with Crippen LogP contribution in [0.3, 0.4) is 0 Å². The van der Waals surface area contributed by atoms with Crippen molar-refractivity contribution in [3.63, 3.8) is 0 Å². The van der Waals surface area contributed by atoms with E-state index >= 15 is 0 Å². The summed E-state index contributed by atoms with van der Waals surface area (Å²) in [4.78, 5) is 10.7. The van der Waals surface area contributed by atoms with E-state index < -0.39 is 0 Å². The Morgan fingerprint density at radius 3 is 2.47 bits per heavy atom. The first-order valence-electron chi connectivity index (χ1n) is 5.11. The lowest BCUT2D eigenvalue weighted by atomic mass is 10.1. The monoisotopic (exact) mass is 208 g/mol. The zero-order chi connectivity index (χ0) is 11.7. The first-order chi connectivity index (χ1) is 7.06. The molecule has 0 amide bonds.